The lowest BCUT2D eigenvalue weighted by Crippen LogP contribution is -2.30. The normalized spacial score (nSPS) is 13.7. The Labute approximate surface area is 91.9 Å². The van der Waals surface area contributed by atoms with Crippen molar-refractivity contribution < 1.29 is 4.74 Å². The zero-order valence-electron chi connectivity index (χ0n) is 10.2. The van der Waals surface area contributed by atoms with E-state index in [0.29, 0.717) is 5.88 Å². The van der Waals surface area contributed by atoms with Gasteiger partial charge >= 0.3 is 0 Å². The van der Waals surface area contributed by atoms with E-state index in [1.165, 1.54) is 0 Å². The maximum Gasteiger partial charge on any atom is 0.217 e. The van der Waals surface area contributed by atoms with Gasteiger partial charge in [-0.3, -0.25) is 0 Å². The first-order valence-corrected chi connectivity index (χ1v) is 5.17. The zero-order valence-corrected chi connectivity index (χ0v) is 10.2. The first kappa shape index (κ1) is 12.0. The van der Waals surface area contributed by atoms with Crippen LogP contribution in [0.5, 0.6) is 5.88 Å². The quantitative estimate of drug-likeness (QED) is 0.828. The number of hydrogen-bond donors (Lipinski definition) is 1. The molecular weight excluding hydrogens is 188 g/mol. The predicted octanol–water partition coefficient (Wildman–Crippen LogP) is 2.40. The lowest BCUT2D eigenvalue weighted by Gasteiger charge is -2.31. The van der Waals surface area contributed by atoms with Crippen molar-refractivity contribution in [3.05, 3.63) is 23.9 Å². The van der Waals surface area contributed by atoms with Crippen LogP contribution >= 0.6 is 0 Å². The van der Waals surface area contributed by atoms with Gasteiger partial charge in [-0.2, -0.15) is 0 Å². The third-order valence-corrected chi connectivity index (χ3v) is 2.46. The summed E-state index contributed by atoms with van der Waals surface area (Å²) < 4.78 is 5.27. The summed E-state index contributed by atoms with van der Waals surface area (Å²) in [5, 5.41) is 3.31. The molecule has 0 radical (unpaired) electrons. The van der Waals surface area contributed by atoms with Crippen LogP contribution in [-0.4, -0.2) is 19.1 Å². The van der Waals surface area contributed by atoms with Gasteiger partial charge in [0.25, 0.3) is 0 Å². The number of methoxy groups -OCH3 is 1. The second kappa shape index (κ2) is 4.62. The summed E-state index contributed by atoms with van der Waals surface area (Å²) in [4.78, 5) is 4.22. The molecule has 0 saturated heterocycles. The van der Waals surface area contributed by atoms with Crippen LogP contribution in [0.1, 0.15) is 32.4 Å². The highest BCUT2D eigenvalue weighted by atomic mass is 16.5. The molecule has 1 heterocycles. The molecule has 0 saturated carbocycles. The molecule has 0 amide bonds. The number of nitrogens with one attached hydrogen (secondary N) is 1. The predicted molar refractivity (Wildman–Crippen MR) is 62.0 cm³/mol. The second-order valence-corrected chi connectivity index (χ2v) is 4.69. The lowest BCUT2D eigenvalue weighted by atomic mass is 9.83. The summed E-state index contributed by atoms with van der Waals surface area (Å²) in [5.74, 6) is 0.701. The average molecular weight is 208 g/mol. The van der Waals surface area contributed by atoms with E-state index >= 15 is 0 Å². The molecule has 3 heteroatoms. The van der Waals surface area contributed by atoms with Crippen LogP contribution in [0, 0.1) is 5.41 Å². The van der Waals surface area contributed by atoms with Crippen molar-refractivity contribution in [1.82, 2.24) is 10.3 Å². The minimum absolute atomic E-state index is 0.130. The van der Waals surface area contributed by atoms with Gasteiger partial charge in [-0.25, -0.2) is 4.98 Å². The van der Waals surface area contributed by atoms with Crippen molar-refractivity contribution >= 4 is 0 Å². The van der Waals surface area contributed by atoms with Gasteiger partial charge in [0.2, 0.25) is 5.88 Å². The van der Waals surface area contributed by atoms with Gasteiger partial charge in [0.05, 0.1) is 7.11 Å². The molecule has 0 spiro atoms. The Hall–Kier alpha value is -1.09. The molecule has 1 aromatic heterocycles. The summed E-state index contributed by atoms with van der Waals surface area (Å²) >= 11 is 0. The third kappa shape index (κ3) is 2.69. The van der Waals surface area contributed by atoms with Gasteiger partial charge in [-0.05, 0) is 18.5 Å². The summed E-state index contributed by atoms with van der Waals surface area (Å²) in [6, 6.07) is 4.23. The standard InChI is InChI=1S/C12H20N2O/c1-12(2,3)10(13-4)9-7-6-8-14-11(9)15-5/h6-8,10,13H,1-5H3. The Kier molecular flexibility index (Phi) is 3.69. The van der Waals surface area contributed by atoms with Gasteiger partial charge in [-0.15, -0.1) is 0 Å². The molecule has 0 fully saturated rings. The fraction of sp³-hybridized carbons (Fsp3) is 0.583. The topological polar surface area (TPSA) is 34.2 Å². The first-order valence-electron chi connectivity index (χ1n) is 5.17. The summed E-state index contributed by atoms with van der Waals surface area (Å²) in [6.07, 6.45) is 1.75. The molecule has 15 heavy (non-hydrogen) atoms. The van der Waals surface area contributed by atoms with Crippen LogP contribution in [0.4, 0.5) is 0 Å². The fourth-order valence-electron chi connectivity index (χ4n) is 1.85. The Morgan fingerprint density at radius 3 is 2.53 bits per heavy atom. The second-order valence-electron chi connectivity index (χ2n) is 4.69. The summed E-state index contributed by atoms with van der Waals surface area (Å²) in [6.45, 7) is 6.59. The van der Waals surface area contributed by atoms with Crippen molar-refractivity contribution in [2.75, 3.05) is 14.2 Å². The average Bonchev–Trinajstić information content (AvgIpc) is 2.17. The monoisotopic (exact) mass is 208 g/mol. The van der Waals surface area contributed by atoms with Gasteiger partial charge in [0, 0.05) is 17.8 Å². The number of rotatable bonds is 3. The van der Waals surface area contributed by atoms with E-state index in [1.807, 2.05) is 13.1 Å². The Morgan fingerprint density at radius 2 is 2.07 bits per heavy atom. The number of pyridine rings is 1. The fourth-order valence-corrected chi connectivity index (χ4v) is 1.85. The molecule has 1 aromatic rings. The van der Waals surface area contributed by atoms with Crippen molar-refractivity contribution in [1.29, 1.82) is 0 Å². The Balaban J connectivity index is 3.12. The highest BCUT2D eigenvalue weighted by molar-refractivity contribution is 5.30. The molecule has 0 aliphatic carbocycles. The molecule has 1 rings (SSSR count). The molecule has 84 valence electrons. The van der Waals surface area contributed by atoms with Gasteiger partial charge < -0.3 is 10.1 Å². The SMILES string of the molecule is CNC(c1cccnc1OC)C(C)(C)C. The highest BCUT2D eigenvalue weighted by Gasteiger charge is 2.27. The largest absolute Gasteiger partial charge is 0.481 e. The molecular formula is C12H20N2O. The van der Waals surface area contributed by atoms with E-state index in [9.17, 15) is 0 Å². The Bertz CT molecular complexity index is 318. The molecule has 0 aliphatic rings. The molecule has 1 N–H and O–H groups in total. The van der Waals surface area contributed by atoms with Crippen LogP contribution in [0.15, 0.2) is 18.3 Å². The maximum absolute atomic E-state index is 5.27. The summed E-state index contributed by atoms with van der Waals surface area (Å²) in [7, 11) is 3.61. The van der Waals surface area contributed by atoms with Gasteiger partial charge in [0.15, 0.2) is 0 Å². The van der Waals surface area contributed by atoms with E-state index < -0.39 is 0 Å². The number of hydrogen-bond acceptors (Lipinski definition) is 3. The molecule has 0 aliphatic heterocycles. The maximum atomic E-state index is 5.27. The minimum Gasteiger partial charge on any atom is -0.481 e. The molecule has 0 bridgehead atoms. The molecule has 0 aromatic carbocycles. The van der Waals surface area contributed by atoms with Crippen LogP contribution < -0.4 is 10.1 Å². The lowest BCUT2D eigenvalue weighted by molar-refractivity contribution is 0.275. The van der Waals surface area contributed by atoms with E-state index in [0.717, 1.165) is 5.56 Å². The number of ether oxygens (including phenoxy) is 1. The first-order chi connectivity index (χ1) is 7.00. The van der Waals surface area contributed by atoms with Crippen molar-refractivity contribution in [2.24, 2.45) is 5.41 Å². The third-order valence-electron chi connectivity index (χ3n) is 2.46. The smallest absolute Gasteiger partial charge is 0.217 e. The van der Waals surface area contributed by atoms with Crippen molar-refractivity contribution in [2.45, 2.75) is 26.8 Å². The summed E-state index contributed by atoms with van der Waals surface area (Å²) in [5.41, 5.74) is 1.24. The van der Waals surface area contributed by atoms with Crippen LogP contribution in [0.25, 0.3) is 0 Å². The van der Waals surface area contributed by atoms with Crippen LogP contribution in [-0.2, 0) is 0 Å². The van der Waals surface area contributed by atoms with E-state index in [-0.39, 0.29) is 11.5 Å². The van der Waals surface area contributed by atoms with Crippen molar-refractivity contribution in [3.8, 4) is 5.88 Å². The number of aromatic nitrogens is 1. The van der Waals surface area contributed by atoms with E-state index in [1.54, 1.807) is 13.3 Å². The van der Waals surface area contributed by atoms with E-state index in [2.05, 4.69) is 37.1 Å². The highest BCUT2D eigenvalue weighted by Crippen LogP contribution is 2.35. The van der Waals surface area contributed by atoms with Crippen LogP contribution in [0.3, 0.4) is 0 Å². The molecule has 1 unspecified atom stereocenters. The van der Waals surface area contributed by atoms with Gasteiger partial charge in [-0.1, -0.05) is 26.8 Å². The van der Waals surface area contributed by atoms with Gasteiger partial charge in [0.1, 0.15) is 0 Å². The molecule has 3 nitrogen and oxygen atoms in total. The minimum atomic E-state index is 0.130. The van der Waals surface area contributed by atoms with E-state index in [4.69, 9.17) is 4.74 Å². The number of nitrogens with zero attached hydrogens (tertiary/aromatic N) is 1. The van der Waals surface area contributed by atoms with Crippen LogP contribution in [0.2, 0.25) is 0 Å². The molecule has 1 atom stereocenters. The van der Waals surface area contributed by atoms with Crippen molar-refractivity contribution in [3.63, 3.8) is 0 Å². The zero-order chi connectivity index (χ0) is 11.5. The Morgan fingerprint density at radius 1 is 1.40 bits per heavy atom.